The molecule has 0 unspecified atom stereocenters. The lowest BCUT2D eigenvalue weighted by molar-refractivity contribution is 0.0949. The van der Waals surface area contributed by atoms with Gasteiger partial charge in [-0.1, -0.05) is 36.4 Å². The second kappa shape index (κ2) is 7.18. The van der Waals surface area contributed by atoms with Crippen LogP contribution in [0.2, 0.25) is 0 Å². The largest absolute Gasteiger partial charge is 0.349 e. The fourth-order valence-electron chi connectivity index (χ4n) is 3.37. The van der Waals surface area contributed by atoms with Crippen molar-refractivity contribution in [3.05, 3.63) is 77.6 Å². The number of benzene rings is 2. The van der Waals surface area contributed by atoms with E-state index in [4.69, 9.17) is 0 Å². The number of imidazole rings is 1. The van der Waals surface area contributed by atoms with Gasteiger partial charge in [-0.3, -0.25) is 14.7 Å². The number of carbonyl (C=O) groups excluding carboxylic acids is 2. The maximum atomic E-state index is 13.0. The molecule has 5 rings (SSSR count). The van der Waals surface area contributed by atoms with Crippen LogP contribution in [0.4, 0.5) is 5.69 Å². The Kier molecular flexibility index (Phi) is 4.35. The van der Waals surface area contributed by atoms with Gasteiger partial charge >= 0.3 is 0 Å². The van der Waals surface area contributed by atoms with Crippen LogP contribution < -0.4 is 10.6 Å². The van der Waals surface area contributed by atoms with Gasteiger partial charge in [0.1, 0.15) is 5.56 Å². The van der Waals surface area contributed by atoms with Crippen LogP contribution in [0.3, 0.4) is 0 Å². The highest BCUT2D eigenvalue weighted by molar-refractivity contribution is 6.09. The molecule has 2 aromatic carbocycles. The Morgan fingerprint density at radius 3 is 2.67 bits per heavy atom. The van der Waals surface area contributed by atoms with E-state index in [1.54, 1.807) is 22.8 Å². The van der Waals surface area contributed by atoms with Crippen molar-refractivity contribution in [2.24, 2.45) is 0 Å². The molecule has 3 N–H and O–H groups in total. The second-order valence-corrected chi connectivity index (χ2v) is 7.60. The summed E-state index contributed by atoms with van der Waals surface area (Å²) in [5.41, 5.74) is 4.77. The molecule has 4 aromatic rings. The number of amides is 2. The van der Waals surface area contributed by atoms with E-state index < -0.39 is 0 Å². The van der Waals surface area contributed by atoms with Gasteiger partial charge in [-0.25, -0.2) is 9.50 Å². The Hall–Kier alpha value is -3.87. The number of aryl methyl sites for hydroxylation is 1. The number of rotatable bonds is 5. The van der Waals surface area contributed by atoms with E-state index in [0.29, 0.717) is 22.5 Å². The quantitative estimate of drug-likeness (QED) is 0.477. The number of fused-ring (bicyclic) bond motifs is 1. The molecule has 7 heteroatoms. The maximum absolute atomic E-state index is 13.0. The molecule has 2 amide bonds. The lowest BCUT2D eigenvalue weighted by Crippen LogP contribution is -2.25. The summed E-state index contributed by atoms with van der Waals surface area (Å²) in [5.74, 6) is -0.396. The third kappa shape index (κ3) is 3.45. The normalized spacial score (nSPS) is 13.4. The summed E-state index contributed by atoms with van der Waals surface area (Å²) in [6.45, 7) is 1.90. The monoisotopic (exact) mass is 399 g/mol. The van der Waals surface area contributed by atoms with E-state index in [0.717, 1.165) is 29.7 Å². The van der Waals surface area contributed by atoms with Crippen LogP contribution in [0.25, 0.3) is 16.9 Å². The van der Waals surface area contributed by atoms with Gasteiger partial charge in [-0.05, 0) is 37.5 Å². The van der Waals surface area contributed by atoms with Crippen molar-refractivity contribution in [2.45, 2.75) is 25.8 Å². The number of aromatic amines is 1. The van der Waals surface area contributed by atoms with Gasteiger partial charge in [0.05, 0.1) is 11.9 Å². The SMILES string of the molecule is Cc1ccc(C(=O)NC2CC2)cc1NC(=O)c1c[nH]n2cc(-c3ccccc3)nc12. The third-order valence-electron chi connectivity index (χ3n) is 5.27. The van der Waals surface area contributed by atoms with Gasteiger partial charge in [0.15, 0.2) is 5.65 Å². The van der Waals surface area contributed by atoms with Gasteiger partial charge < -0.3 is 10.6 Å². The van der Waals surface area contributed by atoms with Crippen LogP contribution >= 0.6 is 0 Å². The lowest BCUT2D eigenvalue weighted by atomic mass is 10.1. The average Bonchev–Trinajstić information content (AvgIpc) is 3.32. The molecular formula is C23H21N5O2. The molecule has 0 atom stereocenters. The zero-order valence-corrected chi connectivity index (χ0v) is 16.5. The molecule has 0 radical (unpaired) electrons. The van der Waals surface area contributed by atoms with Gasteiger partial charge in [0.25, 0.3) is 11.8 Å². The standard InChI is InChI=1S/C23H21N5O2/c1-14-7-8-16(22(29)25-17-9-10-17)11-19(14)27-23(30)18-12-24-28-13-20(26-21(18)28)15-5-3-2-4-6-15/h2-8,11-13,17,24H,9-10H2,1H3,(H,25,29)(H,27,30). The number of nitrogens with one attached hydrogen (secondary N) is 3. The van der Waals surface area contributed by atoms with E-state index in [1.807, 2.05) is 49.5 Å². The maximum Gasteiger partial charge on any atom is 0.261 e. The molecule has 7 nitrogen and oxygen atoms in total. The van der Waals surface area contributed by atoms with Crippen LogP contribution in [0, 0.1) is 6.92 Å². The molecule has 2 aromatic heterocycles. The summed E-state index contributed by atoms with van der Waals surface area (Å²) in [5, 5.41) is 8.94. The van der Waals surface area contributed by atoms with Crippen LogP contribution in [0.15, 0.2) is 60.9 Å². The van der Waals surface area contributed by atoms with Gasteiger partial charge in [0.2, 0.25) is 0 Å². The highest BCUT2D eigenvalue weighted by atomic mass is 16.2. The van der Waals surface area contributed by atoms with Crippen LogP contribution in [-0.2, 0) is 0 Å². The van der Waals surface area contributed by atoms with E-state index in [2.05, 4.69) is 20.7 Å². The molecule has 0 spiro atoms. The van der Waals surface area contributed by atoms with E-state index in [9.17, 15) is 9.59 Å². The second-order valence-electron chi connectivity index (χ2n) is 7.60. The Morgan fingerprint density at radius 2 is 1.90 bits per heavy atom. The van der Waals surface area contributed by atoms with Gasteiger partial charge in [-0.15, -0.1) is 0 Å². The van der Waals surface area contributed by atoms with Crippen molar-refractivity contribution < 1.29 is 9.59 Å². The van der Waals surface area contributed by atoms with Gasteiger partial charge in [-0.2, -0.15) is 0 Å². The van der Waals surface area contributed by atoms with Crippen molar-refractivity contribution in [3.8, 4) is 11.3 Å². The van der Waals surface area contributed by atoms with Crippen LogP contribution in [0.1, 0.15) is 39.1 Å². The van der Waals surface area contributed by atoms with Crippen molar-refractivity contribution in [1.29, 1.82) is 0 Å². The van der Waals surface area contributed by atoms with Gasteiger partial charge in [0, 0.05) is 29.1 Å². The highest BCUT2D eigenvalue weighted by Gasteiger charge is 2.24. The molecule has 1 saturated carbocycles. The topological polar surface area (TPSA) is 91.3 Å². The molecule has 30 heavy (non-hydrogen) atoms. The molecule has 150 valence electrons. The molecular weight excluding hydrogens is 378 g/mol. The fraction of sp³-hybridized carbons (Fsp3) is 0.174. The zero-order valence-electron chi connectivity index (χ0n) is 16.5. The number of hydrogen-bond donors (Lipinski definition) is 3. The minimum absolute atomic E-state index is 0.113. The summed E-state index contributed by atoms with van der Waals surface area (Å²) in [7, 11) is 0. The summed E-state index contributed by atoms with van der Waals surface area (Å²) in [6.07, 6.45) is 5.54. The summed E-state index contributed by atoms with van der Waals surface area (Å²) in [4.78, 5) is 29.9. The molecule has 1 aliphatic carbocycles. The number of carbonyl (C=O) groups is 2. The Balaban J connectivity index is 1.40. The Labute approximate surface area is 173 Å². The van der Waals surface area contributed by atoms with Crippen molar-refractivity contribution >= 4 is 23.1 Å². The predicted molar refractivity (Wildman–Crippen MR) is 115 cm³/mol. The fourth-order valence-corrected chi connectivity index (χ4v) is 3.37. The highest BCUT2D eigenvalue weighted by Crippen LogP contribution is 2.23. The van der Waals surface area contributed by atoms with E-state index >= 15 is 0 Å². The summed E-state index contributed by atoms with van der Waals surface area (Å²) in [6, 6.07) is 15.4. The lowest BCUT2D eigenvalue weighted by Gasteiger charge is -2.10. The molecule has 0 saturated heterocycles. The number of nitrogens with zero attached hydrogens (tertiary/aromatic N) is 2. The molecule has 0 bridgehead atoms. The minimum atomic E-state index is -0.283. The zero-order chi connectivity index (χ0) is 20.7. The molecule has 1 aliphatic rings. The van der Waals surface area contributed by atoms with Crippen molar-refractivity contribution in [2.75, 3.05) is 5.32 Å². The van der Waals surface area contributed by atoms with Crippen molar-refractivity contribution in [1.82, 2.24) is 19.9 Å². The average molecular weight is 399 g/mol. The van der Waals surface area contributed by atoms with Crippen molar-refractivity contribution in [3.63, 3.8) is 0 Å². The number of hydrogen-bond acceptors (Lipinski definition) is 3. The summed E-state index contributed by atoms with van der Waals surface area (Å²) >= 11 is 0. The number of anilines is 1. The minimum Gasteiger partial charge on any atom is -0.349 e. The molecule has 1 fully saturated rings. The molecule has 2 heterocycles. The summed E-state index contributed by atoms with van der Waals surface area (Å²) < 4.78 is 1.73. The van der Waals surface area contributed by atoms with E-state index in [-0.39, 0.29) is 17.9 Å². The first kappa shape index (κ1) is 18.2. The first-order chi connectivity index (χ1) is 14.6. The smallest absolute Gasteiger partial charge is 0.261 e. The van der Waals surface area contributed by atoms with Crippen LogP contribution in [-0.4, -0.2) is 32.5 Å². The number of aromatic nitrogens is 3. The van der Waals surface area contributed by atoms with Crippen LogP contribution in [0.5, 0.6) is 0 Å². The predicted octanol–water partition coefficient (Wildman–Crippen LogP) is 3.78. The first-order valence-electron chi connectivity index (χ1n) is 9.93. The molecule has 0 aliphatic heterocycles. The first-order valence-corrected chi connectivity index (χ1v) is 9.93. The third-order valence-corrected chi connectivity index (χ3v) is 5.27. The Bertz CT molecular complexity index is 1250. The van der Waals surface area contributed by atoms with E-state index in [1.165, 1.54) is 0 Å². The number of H-pyrrole nitrogens is 1. The Morgan fingerprint density at radius 1 is 1.10 bits per heavy atom.